The van der Waals surface area contributed by atoms with E-state index in [2.05, 4.69) is 65.5 Å². The molecular formula is C27H30ClN5. The van der Waals surface area contributed by atoms with Crippen LogP contribution in [0.25, 0.3) is 22.4 Å². The molecule has 0 bridgehead atoms. The number of benzene rings is 2. The van der Waals surface area contributed by atoms with Gasteiger partial charge >= 0.3 is 0 Å². The molecule has 33 heavy (non-hydrogen) atoms. The van der Waals surface area contributed by atoms with Gasteiger partial charge in [0.2, 0.25) is 5.95 Å². The highest BCUT2D eigenvalue weighted by Crippen LogP contribution is 2.32. The van der Waals surface area contributed by atoms with E-state index in [9.17, 15) is 0 Å². The molecule has 0 radical (unpaired) electrons. The van der Waals surface area contributed by atoms with E-state index in [1.807, 2.05) is 36.5 Å². The lowest BCUT2D eigenvalue weighted by molar-refractivity contribution is 0.696. The van der Waals surface area contributed by atoms with Crippen molar-refractivity contribution < 1.29 is 0 Å². The number of hydrogen-bond donors (Lipinski definition) is 2. The summed E-state index contributed by atoms with van der Waals surface area (Å²) in [4.78, 5) is 13.6. The van der Waals surface area contributed by atoms with Gasteiger partial charge < -0.3 is 11.1 Å². The van der Waals surface area contributed by atoms with Gasteiger partial charge in [-0.3, -0.25) is 4.98 Å². The highest BCUT2D eigenvalue weighted by Gasteiger charge is 2.13. The Balaban J connectivity index is 0.00000306. The minimum Gasteiger partial charge on any atom is -0.353 e. The van der Waals surface area contributed by atoms with E-state index in [-0.39, 0.29) is 18.4 Å². The maximum Gasteiger partial charge on any atom is 0.223 e. The SMILES string of the molecule is CC(C)c1cccc(-c2cnc(NC[C@H](N)Cc3ccccc3)nc2-c2ccncc2)c1.Cl. The van der Waals surface area contributed by atoms with Crippen LogP contribution in [0.15, 0.2) is 85.3 Å². The molecule has 2 heterocycles. The predicted molar refractivity (Wildman–Crippen MR) is 139 cm³/mol. The number of hydrogen-bond acceptors (Lipinski definition) is 5. The summed E-state index contributed by atoms with van der Waals surface area (Å²) in [7, 11) is 0. The fourth-order valence-electron chi connectivity index (χ4n) is 3.68. The monoisotopic (exact) mass is 459 g/mol. The normalized spacial score (nSPS) is 11.6. The van der Waals surface area contributed by atoms with Crippen LogP contribution >= 0.6 is 12.4 Å². The van der Waals surface area contributed by atoms with Gasteiger partial charge in [0, 0.05) is 42.3 Å². The molecule has 3 N–H and O–H groups in total. The zero-order chi connectivity index (χ0) is 22.3. The molecule has 0 aliphatic heterocycles. The van der Waals surface area contributed by atoms with Gasteiger partial charge in [-0.2, -0.15) is 0 Å². The van der Waals surface area contributed by atoms with Crippen molar-refractivity contribution in [2.45, 2.75) is 32.2 Å². The first-order valence-electron chi connectivity index (χ1n) is 11.0. The summed E-state index contributed by atoms with van der Waals surface area (Å²) in [5.74, 6) is 1.02. The van der Waals surface area contributed by atoms with Gasteiger partial charge in [0.1, 0.15) is 0 Å². The average molecular weight is 460 g/mol. The van der Waals surface area contributed by atoms with Gasteiger partial charge in [0.15, 0.2) is 0 Å². The van der Waals surface area contributed by atoms with E-state index in [0.29, 0.717) is 18.4 Å². The third kappa shape index (κ3) is 6.37. The lowest BCUT2D eigenvalue weighted by Crippen LogP contribution is -2.31. The summed E-state index contributed by atoms with van der Waals surface area (Å²) >= 11 is 0. The van der Waals surface area contributed by atoms with Gasteiger partial charge in [-0.05, 0) is 41.2 Å². The third-order valence-electron chi connectivity index (χ3n) is 5.47. The smallest absolute Gasteiger partial charge is 0.223 e. The van der Waals surface area contributed by atoms with Crippen molar-refractivity contribution in [1.29, 1.82) is 0 Å². The first kappa shape index (κ1) is 24.4. The topological polar surface area (TPSA) is 76.7 Å². The largest absolute Gasteiger partial charge is 0.353 e. The molecule has 1 atom stereocenters. The molecule has 0 amide bonds. The maximum atomic E-state index is 6.34. The van der Waals surface area contributed by atoms with Crippen LogP contribution in [0.2, 0.25) is 0 Å². The second-order valence-corrected chi connectivity index (χ2v) is 8.30. The Kier molecular flexibility index (Phi) is 8.52. The minimum atomic E-state index is -0.0345. The van der Waals surface area contributed by atoms with Crippen LogP contribution in [0.1, 0.15) is 30.9 Å². The van der Waals surface area contributed by atoms with Crippen LogP contribution in [0, 0.1) is 0 Å². The first-order valence-corrected chi connectivity index (χ1v) is 11.0. The summed E-state index contributed by atoms with van der Waals surface area (Å²) in [6.45, 7) is 4.99. The maximum absolute atomic E-state index is 6.34. The van der Waals surface area contributed by atoms with Crippen molar-refractivity contribution in [2.75, 3.05) is 11.9 Å². The van der Waals surface area contributed by atoms with E-state index < -0.39 is 0 Å². The van der Waals surface area contributed by atoms with Gasteiger partial charge in [0.05, 0.1) is 5.69 Å². The fourth-order valence-corrected chi connectivity index (χ4v) is 3.68. The van der Waals surface area contributed by atoms with Crippen molar-refractivity contribution in [3.05, 3.63) is 96.4 Å². The van der Waals surface area contributed by atoms with E-state index in [1.165, 1.54) is 11.1 Å². The Bertz CT molecular complexity index is 1150. The number of halogens is 1. The molecule has 0 spiro atoms. The number of pyridine rings is 1. The molecular weight excluding hydrogens is 430 g/mol. The third-order valence-corrected chi connectivity index (χ3v) is 5.47. The number of rotatable bonds is 8. The highest BCUT2D eigenvalue weighted by atomic mass is 35.5. The van der Waals surface area contributed by atoms with Crippen molar-refractivity contribution in [2.24, 2.45) is 5.73 Å². The molecule has 0 aliphatic carbocycles. The van der Waals surface area contributed by atoms with E-state index in [4.69, 9.17) is 10.7 Å². The van der Waals surface area contributed by atoms with Gasteiger partial charge in [0.25, 0.3) is 0 Å². The quantitative estimate of drug-likeness (QED) is 0.351. The molecule has 4 aromatic rings. The molecule has 0 fully saturated rings. The summed E-state index contributed by atoms with van der Waals surface area (Å²) in [5, 5.41) is 3.32. The van der Waals surface area contributed by atoms with Gasteiger partial charge in [-0.15, -0.1) is 12.4 Å². The molecule has 0 unspecified atom stereocenters. The summed E-state index contributed by atoms with van der Waals surface area (Å²) < 4.78 is 0. The molecule has 2 aromatic carbocycles. The number of aromatic nitrogens is 3. The second-order valence-electron chi connectivity index (χ2n) is 8.30. The number of nitrogens with two attached hydrogens (primary N) is 1. The summed E-state index contributed by atoms with van der Waals surface area (Å²) in [5.41, 5.74) is 12.8. The average Bonchev–Trinajstić information content (AvgIpc) is 2.84. The number of nitrogens with zero attached hydrogens (tertiary/aromatic N) is 3. The lowest BCUT2D eigenvalue weighted by atomic mass is 9.96. The molecule has 6 heteroatoms. The zero-order valence-electron chi connectivity index (χ0n) is 19.0. The summed E-state index contributed by atoms with van der Waals surface area (Å²) in [6, 6.07) is 22.8. The molecule has 5 nitrogen and oxygen atoms in total. The van der Waals surface area contributed by atoms with Crippen molar-refractivity contribution >= 4 is 18.4 Å². The Morgan fingerprint density at radius 2 is 1.67 bits per heavy atom. The van der Waals surface area contributed by atoms with E-state index >= 15 is 0 Å². The number of anilines is 1. The Hall–Kier alpha value is -3.28. The molecule has 170 valence electrons. The van der Waals surface area contributed by atoms with Crippen LogP contribution < -0.4 is 11.1 Å². The van der Waals surface area contributed by atoms with Crippen LogP contribution in [0.4, 0.5) is 5.95 Å². The molecule has 4 rings (SSSR count). The highest BCUT2D eigenvalue weighted by molar-refractivity contribution is 5.85. The summed E-state index contributed by atoms with van der Waals surface area (Å²) in [6.07, 6.45) is 6.27. The number of nitrogens with one attached hydrogen (secondary N) is 1. The van der Waals surface area contributed by atoms with Crippen molar-refractivity contribution in [3.8, 4) is 22.4 Å². The first-order chi connectivity index (χ1) is 15.6. The molecule has 0 saturated heterocycles. The molecule has 0 aliphatic rings. The van der Waals surface area contributed by atoms with Crippen LogP contribution in [0.5, 0.6) is 0 Å². The van der Waals surface area contributed by atoms with Gasteiger partial charge in [-0.25, -0.2) is 9.97 Å². The Morgan fingerprint density at radius 1 is 0.909 bits per heavy atom. The minimum absolute atomic E-state index is 0. The van der Waals surface area contributed by atoms with Crippen LogP contribution in [-0.4, -0.2) is 27.5 Å². The van der Waals surface area contributed by atoms with Crippen molar-refractivity contribution in [3.63, 3.8) is 0 Å². The van der Waals surface area contributed by atoms with Crippen LogP contribution in [0.3, 0.4) is 0 Å². The predicted octanol–water partition coefficient (Wildman–Crippen LogP) is 5.73. The Morgan fingerprint density at radius 3 is 2.39 bits per heavy atom. The second kappa shape index (κ2) is 11.5. The van der Waals surface area contributed by atoms with Gasteiger partial charge in [-0.1, -0.05) is 68.4 Å². The molecule has 0 saturated carbocycles. The van der Waals surface area contributed by atoms with E-state index in [0.717, 1.165) is 28.8 Å². The zero-order valence-corrected chi connectivity index (χ0v) is 19.8. The Labute approximate surface area is 201 Å². The molecule has 2 aromatic heterocycles. The van der Waals surface area contributed by atoms with Crippen LogP contribution in [-0.2, 0) is 6.42 Å². The fraction of sp³-hybridized carbons (Fsp3) is 0.222. The van der Waals surface area contributed by atoms with E-state index in [1.54, 1.807) is 12.4 Å². The standard InChI is InChI=1S/C27H29N5.ClH/c1-19(2)22-9-6-10-23(16-22)25-18-31-27(32-26(25)21-11-13-29-14-12-21)30-17-24(28)15-20-7-4-3-5-8-20;/h3-14,16,18-19,24H,15,17,28H2,1-2H3,(H,30,31,32);1H/t24-;/m1./s1. The van der Waals surface area contributed by atoms with Crippen molar-refractivity contribution in [1.82, 2.24) is 15.0 Å². The lowest BCUT2D eigenvalue weighted by Gasteiger charge is -2.15.